The third-order valence-corrected chi connectivity index (χ3v) is 4.28. The van der Waals surface area contributed by atoms with Crippen molar-refractivity contribution >= 4 is 11.8 Å². The fourth-order valence-electron chi connectivity index (χ4n) is 2.82. The van der Waals surface area contributed by atoms with Crippen LogP contribution in [0.25, 0.3) is 5.69 Å². The van der Waals surface area contributed by atoms with Crippen molar-refractivity contribution in [2.24, 2.45) is 11.7 Å². The molecule has 1 fully saturated rings. The van der Waals surface area contributed by atoms with Crippen molar-refractivity contribution < 1.29 is 14.0 Å². The van der Waals surface area contributed by atoms with E-state index in [2.05, 4.69) is 5.10 Å². The number of rotatable bonds is 3. The van der Waals surface area contributed by atoms with Crippen LogP contribution < -0.4 is 11.3 Å². The van der Waals surface area contributed by atoms with Gasteiger partial charge in [0.25, 0.3) is 11.5 Å². The first-order valence-electron chi connectivity index (χ1n) is 7.90. The van der Waals surface area contributed by atoms with Crippen molar-refractivity contribution in [3.05, 3.63) is 58.3 Å². The molecule has 1 aromatic carbocycles. The normalized spacial score (nSPS) is 15.2. The molecule has 0 atom stereocenters. The number of benzene rings is 1. The summed E-state index contributed by atoms with van der Waals surface area (Å²) in [6.45, 7) is 0.813. The van der Waals surface area contributed by atoms with Crippen molar-refractivity contribution in [2.75, 3.05) is 13.1 Å². The highest BCUT2D eigenvalue weighted by Gasteiger charge is 2.27. The minimum absolute atomic E-state index is 0.112. The Bertz CT molecular complexity index is 855. The van der Waals surface area contributed by atoms with Crippen molar-refractivity contribution in [3.8, 4) is 5.69 Å². The fraction of sp³-hybridized carbons (Fsp3) is 0.294. The van der Waals surface area contributed by atoms with Gasteiger partial charge >= 0.3 is 0 Å². The van der Waals surface area contributed by atoms with Crippen molar-refractivity contribution in [3.63, 3.8) is 0 Å². The van der Waals surface area contributed by atoms with Gasteiger partial charge in [-0.3, -0.25) is 14.4 Å². The van der Waals surface area contributed by atoms with E-state index in [1.807, 2.05) is 0 Å². The van der Waals surface area contributed by atoms with Gasteiger partial charge in [0.1, 0.15) is 11.5 Å². The van der Waals surface area contributed by atoms with Crippen LogP contribution in [0.4, 0.5) is 4.39 Å². The number of primary amides is 1. The molecule has 2 heterocycles. The second-order valence-corrected chi connectivity index (χ2v) is 5.91. The third-order valence-electron chi connectivity index (χ3n) is 4.28. The van der Waals surface area contributed by atoms with Gasteiger partial charge in [0.2, 0.25) is 5.91 Å². The van der Waals surface area contributed by atoms with E-state index in [4.69, 9.17) is 5.73 Å². The average Bonchev–Trinajstić information content (AvgIpc) is 2.62. The number of carbonyl (C=O) groups is 2. The SMILES string of the molecule is NC(=O)C1CCN(C(=O)c2ccc(=O)n(-c3ccc(F)cc3)n2)CC1. The second kappa shape index (κ2) is 6.84. The van der Waals surface area contributed by atoms with Gasteiger partial charge in [-0.25, -0.2) is 4.39 Å². The molecule has 0 radical (unpaired) electrons. The molecule has 130 valence electrons. The summed E-state index contributed by atoms with van der Waals surface area (Å²) >= 11 is 0. The summed E-state index contributed by atoms with van der Waals surface area (Å²) in [5.41, 5.74) is 5.35. The van der Waals surface area contributed by atoms with E-state index in [1.54, 1.807) is 4.90 Å². The van der Waals surface area contributed by atoms with Crippen LogP contribution in [0, 0.1) is 11.7 Å². The Balaban J connectivity index is 1.82. The van der Waals surface area contributed by atoms with E-state index in [9.17, 15) is 18.8 Å². The van der Waals surface area contributed by atoms with Gasteiger partial charge < -0.3 is 10.6 Å². The maximum Gasteiger partial charge on any atom is 0.274 e. The van der Waals surface area contributed by atoms with Gasteiger partial charge in [0, 0.05) is 25.1 Å². The predicted octanol–water partition coefficient (Wildman–Crippen LogP) is 0.709. The molecule has 1 aliphatic heterocycles. The quantitative estimate of drug-likeness (QED) is 0.886. The molecular formula is C17H17FN4O3. The number of likely N-dealkylation sites (tertiary alicyclic amines) is 1. The van der Waals surface area contributed by atoms with E-state index in [-0.39, 0.29) is 23.4 Å². The van der Waals surface area contributed by atoms with Gasteiger partial charge in [-0.2, -0.15) is 9.78 Å². The van der Waals surface area contributed by atoms with Crippen LogP contribution in [-0.2, 0) is 4.79 Å². The van der Waals surface area contributed by atoms with Crippen molar-refractivity contribution in [1.29, 1.82) is 0 Å². The zero-order valence-electron chi connectivity index (χ0n) is 13.4. The van der Waals surface area contributed by atoms with E-state index in [0.717, 1.165) is 4.68 Å². The molecule has 2 N–H and O–H groups in total. The van der Waals surface area contributed by atoms with Crippen molar-refractivity contribution in [1.82, 2.24) is 14.7 Å². The Hall–Kier alpha value is -3.03. The summed E-state index contributed by atoms with van der Waals surface area (Å²) in [6.07, 6.45) is 1.03. The molecule has 0 aliphatic carbocycles. The molecule has 1 aromatic heterocycles. The molecule has 1 saturated heterocycles. The monoisotopic (exact) mass is 344 g/mol. The Morgan fingerprint density at radius 1 is 1.08 bits per heavy atom. The Labute approximate surface area is 142 Å². The van der Waals surface area contributed by atoms with E-state index >= 15 is 0 Å². The number of piperidine rings is 1. The minimum Gasteiger partial charge on any atom is -0.369 e. The molecule has 8 heteroatoms. The van der Waals surface area contributed by atoms with Gasteiger partial charge in [0.05, 0.1) is 5.69 Å². The topological polar surface area (TPSA) is 98.3 Å². The van der Waals surface area contributed by atoms with Crippen LogP contribution >= 0.6 is 0 Å². The maximum absolute atomic E-state index is 13.0. The van der Waals surface area contributed by atoms with Gasteiger partial charge in [-0.1, -0.05) is 0 Å². The van der Waals surface area contributed by atoms with Crippen LogP contribution in [0.3, 0.4) is 0 Å². The van der Waals surface area contributed by atoms with Crippen LogP contribution in [0.5, 0.6) is 0 Å². The van der Waals surface area contributed by atoms with Crippen LogP contribution in [0.2, 0.25) is 0 Å². The lowest BCUT2D eigenvalue weighted by Crippen LogP contribution is -2.42. The number of nitrogens with zero attached hydrogens (tertiary/aromatic N) is 3. The first kappa shape index (κ1) is 16.8. The average molecular weight is 344 g/mol. The van der Waals surface area contributed by atoms with E-state index in [1.165, 1.54) is 36.4 Å². The molecule has 0 bridgehead atoms. The first-order chi connectivity index (χ1) is 12.0. The summed E-state index contributed by atoms with van der Waals surface area (Å²) in [5, 5.41) is 4.10. The third kappa shape index (κ3) is 3.57. The highest BCUT2D eigenvalue weighted by Crippen LogP contribution is 2.18. The highest BCUT2D eigenvalue weighted by molar-refractivity contribution is 5.92. The van der Waals surface area contributed by atoms with Gasteiger partial charge in [-0.05, 0) is 43.2 Å². The molecule has 25 heavy (non-hydrogen) atoms. The first-order valence-corrected chi connectivity index (χ1v) is 7.90. The molecule has 0 saturated carbocycles. The molecule has 0 unspecified atom stereocenters. The van der Waals surface area contributed by atoms with E-state index in [0.29, 0.717) is 31.6 Å². The Kier molecular flexibility index (Phi) is 4.60. The fourth-order valence-corrected chi connectivity index (χ4v) is 2.82. The molecule has 2 aromatic rings. The second-order valence-electron chi connectivity index (χ2n) is 5.91. The van der Waals surface area contributed by atoms with Crippen LogP contribution in [-0.4, -0.2) is 39.6 Å². The molecule has 2 amide bonds. The molecule has 1 aliphatic rings. The number of carbonyl (C=O) groups excluding carboxylic acids is 2. The summed E-state index contributed by atoms with van der Waals surface area (Å²) in [7, 11) is 0. The summed E-state index contributed by atoms with van der Waals surface area (Å²) < 4.78 is 14.1. The number of halogens is 1. The predicted molar refractivity (Wildman–Crippen MR) is 87.6 cm³/mol. The molecule has 3 rings (SSSR count). The zero-order chi connectivity index (χ0) is 18.0. The Morgan fingerprint density at radius 3 is 2.32 bits per heavy atom. The highest BCUT2D eigenvalue weighted by atomic mass is 19.1. The maximum atomic E-state index is 13.0. The number of hydrogen-bond donors (Lipinski definition) is 1. The summed E-state index contributed by atoms with van der Waals surface area (Å²) in [5.74, 6) is -1.32. The minimum atomic E-state index is -0.429. The summed E-state index contributed by atoms with van der Waals surface area (Å²) in [4.78, 5) is 37.4. The smallest absolute Gasteiger partial charge is 0.274 e. The van der Waals surface area contributed by atoms with Gasteiger partial charge in [0.15, 0.2) is 0 Å². The molecule has 0 spiro atoms. The van der Waals surface area contributed by atoms with E-state index < -0.39 is 11.4 Å². The number of aromatic nitrogens is 2. The van der Waals surface area contributed by atoms with Crippen LogP contribution in [0.1, 0.15) is 23.3 Å². The Morgan fingerprint density at radius 2 is 1.72 bits per heavy atom. The number of hydrogen-bond acceptors (Lipinski definition) is 4. The lowest BCUT2D eigenvalue weighted by molar-refractivity contribution is -0.123. The van der Waals surface area contributed by atoms with Crippen molar-refractivity contribution in [2.45, 2.75) is 12.8 Å². The zero-order valence-corrected chi connectivity index (χ0v) is 13.4. The summed E-state index contributed by atoms with van der Waals surface area (Å²) in [6, 6.07) is 7.87. The van der Waals surface area contributed by atoms with Crippen LogP contribution in [0.15, 0.2) is 41.2 Å². The lowest BCUT2D eigenvalue weighted by atomic mass is 9.96. The molecular weight excluding hydrogens is 327 g/mol. The number of nitrogens with two attached hydrogens (primary N) is 1. The molecule has 7 nitrogen and oxygen atoms in total. The standard InChI is InChI=1S/C17H17FN4O3/c18-12-1-3-13(4-2-12)22-15(23)6-5-14(20-22)17(25)21-9-7-11(8-10-21)16(19)24/h1-6,11H,7-10H2,(H2,19,24). The lowest BCUT2D eigenvalue weighted by Gasteiger charge is -2.30. The number of amides is 2. The van der Waals surface area contributed by atoms with Gasteiger partial charge in [-0.15, -0.1) is 0 Å². The largest absolute Gasteiger partial charge is 0.369 e.